The number of hydrogen-bond donors (Lipinski definition) is 2. The molecular formula is C15H19FN4O2. The zero-order chi connectivity index (χ0) is 16.1. The number of hydrogen-bond acceptors (Lipinski definition) is 4. The first-order chi connectivity index (χ1) is 10.5. The van der Waals surface area contributed by atoms with Crippen molar-refractivity contribution in [2.75, 3.05) is 11.6 Å². The van der Waals surface area contributed by atoms with Gasteiger partial charge in [-0.25, -0.2) is 4.39 Å². The van der Waals surface area contributed by atoms with E-state index in [4.69, 9.17) is 5.73 Å². The van der Waals surface area contributed by atoms with Gasteiger partial charge >= 0.3 is 0 Å². The lowest BCUT2D eigenvalue weighted by Crippen LogP contribution is -2.40. The van der Waals surface area contributed by atoms with Crippen LogP contribution in [0.4, 0.5) is 10.1 Å². The van der Waals surface area contributed by atoms with E-state index >= 15 is 0 Å². The zero-order valence-electron chi connectivity index (χ0n) is 12.4. The Kier molecular flexibility index (Phi) is 5.08. The third-order valence-corrected chi connectivity index (χ3v) is 3.41. The van der Waals surface area contributed by atoms with E-state index in [1.54, 1.807) is 0 Å². The lowest BCUT2D eigenvalue weighted by Gasteiger charge is -2.20. The molecule has 0 radical (unpaired) electrons. The Labute approximate surface area is 128 Å². The Morgan fingerprint density at radius 1 is 1.41 bits per heavy atom. The van der Waals surface area contributed by atoms with Gasteiger partial charge in [-0.1, -0.05) is 13.3 Å². The molecule has 3 N–H and O–H groups in total. The summed E-state index contributed by atoms with van der Waals surface area (Å²) < 4.78 is 13.0. The largest absolute Gasteiger partial charge is 0.368 e. The number of benzene rings is 1. The highest BCUT2D eigenvalue weighted by Gasteiger charge is 2.34. The van der Waals surface area contributed by atoms with Crippen molar-refractivity contribution in [3.63, 3.8) is 0 Å². The number of anilines is 1. The van der Waals surface area contributed by atoms with Crippen molar-refractivity contribution in [3.05, 3.63) is 30.1 Å². The van der Waals surface area contributed by atoms with Crippen LogP contribution in [0.5, 0.6) is 0 Å². The summed E-state index contributed by atoms with van der Waals surface area (Å²) in [6.07, 6.45) is 1.99. The molecule has 2 rings (SSSR count). The number of carbonyl (C=O) groups excluding carboxylic acids is 2. The van der Waals surface area contributed by atoms with E-state index in [-0.39, 0.29) is 23.9 Å². The Hall–Kier alpha value is -2.44. The lowest BCUT2D eigenvalue weighted by molar-refractivity contribution is -0.119. The number of nitrogens with two attached hydrogens (primary N) is 1. The third kappa shape index (κ3) is 3.60. The van der Waals surface area contributed by atoms with E-state index in [0.29, 0.717) is 12.2 Å². The van der Waals surface area contributed by atoms with Gasteiger partial charge in [0.15, 0.2) is 0 Å². The Bertz CT molecular complexity index is 586. The first-order valence-electron chi connectivity index (χ1n) is 7.22. The summed E-state index contributed by atoms with van der Waals surface area (Å²) in [6.45, 7) is 2.59. The van der Waals surface area contributed by atoms with Gasteiger partial charge < -0.3 is 11.1 Å². The van der Waals surface area contributed by atoms with Crippen LogP contribution in [0.15, 0.2) is 29.4 Å². The highest BCUT2D eigenvalue weighted by atomic mass is 19.1. The highest BCUT2D eigenvalue weighted by Crippen LogP contribution is 2.24. The monoisotopic (exact) mass is 306 g/mol. The van der Waals surface area contributed by atoms with E-state index < -0.39 is 11.9 Å². The van der Waals surface area contributed by atoms with Crippen molar-refractivity contribution in [2.24, 2.45) is 10.8 Å². The molecule has 1 aliphatic heterocycles. The SMILES string of the molecule is CCCCNC(=O)C1=NN(c2ccc(F)cc2)C(C(N)=O)C1. The Morgan fingerprint density at radius 2 is 2.09 bits per heavy atom. The summed E-state index contributed by atoms with van der Waals surface area (Å²) in [4.78, 5) is 23.6. The highest BCUT2D eigenvalue weighted by molar-refractivity contribution is 6.40. The second-order valence-corrected chi connectivity index (χ2v) is 5.10. The third-order valence-electron chi connectivity index (χ3n) is 3.41. The minimum Gasteiger partial charge on any atom is -0.368 e. The van der Waals surface area contributed by atoms with Gasteiger partial charge in [-0.3, -0.25) is 14.6 Å². The fraction of sp³-hybridized carbons (Fsp3) is 0.400. The summed E-state index contributed by atoms with van der Waals surface area (Å²) >= 11 is 0. The van der Waals surface area contributed by atoms with Crippen molar-refractivity contribution in [1.29, 1.82) is 0 Å². The van der Waals surface area contributed by atoms with Gasteiger partial charge in [0, 0.05) is 13.0 Å². The fourth-order valence-electron chi connectivity index (χ4n) is 2.18. The first-order valence-corrected chi connectivity index (χ1v) is 7.22. The lowest BCUT2D eigenvalue weighted by atomic mass is 10.1. The van der Waals surface area contributed by atoms with Gasteiger partial charge in [-0.05, 0) is 30.7 Å². The predicted molar refractivity (Wildman–Crippen MR) is 81.8 cm³/mol. The number of unbranched alkanes of at least 4 members (excludes halogenated alkanes) is 1. The van der Waals surface area contributed by atoms with Crippen LogP contribution in [0.25, 0.3) is 0 Å². The van der Waals surface area contributed by atoms with Crippen molar-refractivity contribution in [2.45, 2.75) is 32.2 Å². The van der Waals surface area contributed by atoms with Crippen LogP contribution >= 0.6 is 0 Å². The topological polar surface area (TPSA) is 87.8 Å². The molecule has 7 heteroatoms. The molecular weight excluding hydrogens is 287 g/mol. The van der Waals surface area contributed by atoms with E-state index in [0.717, 1.165) is 12.8 Å². The smallest absolute Gasteiger partial charge is 0.267 e. The van der Waals surface area contributed by atoms with Gasteiger partial charge in [0.2, 0.25) is 5.91 Å². The van der Waals surface area contributed by atoms with Gasteiger partial charge in [-0.2, -0.15) is 5.10 Å². The standard InChI is InChI=1S/C15H19FN4O2/c1-2-3-8-18-15(22)12-9-13(14(17)21)20(19-12)11-6-4-10(16)5-7-11/h4-7,13H,2-3,8-9H2,1H3,(H2,17,21)(H,18,22). The van der Waals surface area contributed by atoms with Crippen LogP contribution in [0.3, 0.4) is 0 Å². The van der Waals surface area contributed by atoms with Gasteiger partial charge in [0.1, 0.15) is 17.6 Å². The van der Waals surface area contributed by atoms with Crippen LogP contribution in [0.1, 0.15) is 26.2 Å². The maximum atomic E-state index is 13.0. The molecule has 2 amide bonds. The van der Waals surface area contributed by atoms with Crippen LogP contribution in [0.2, 0.25) is 0 Å². The van der Waals surface area contributed by atoms with Gasteiger partial charge in [0.25, 0.3) is 5.91 Å². The molecule has 22 heavy (non-hydrogen) atoms. The number of amides is 2. The molecule has 1 aromatic carbocycles. The van der Waals surface area contributed by atoms with Crippen molar-refractivity contribution in [3.8, 4) is 0 Å². The molecule has 1 aliphatic rings. The molecule has 0 saturated heterocycles. The molecule has 1 atom stereocenters. The van der Waals surface area contributed by atoms with Crippen molar-refractivity contribution in [1.82, 2.24) is 5.32 Å². The number of primary amides is 1. The molecule has 0 aromatic heterocycles. The van der Waals surface area contributed by atoms with Crippen LogP contribution in [0, 0.1) is 5.82 Å². The second kappa shape index (κ2) is 7.02. The Morgan fingerprint density at radius 3 is 2.68 bits per heavy atom. The second-order valence-electron chi connectivity index (χ2n) is 5.10. The summed E-state index contributed by atoms with van der Waals surface area (Å²) in [6, 6.07) is 4.78. The van der Waals surface area contributed by atoms with E-state index in [1.165, 1.54) is 29.3 Å². The molecule has 0 bridgehead atoms. The summed E-state index contributed by atoms with van der Waals surface area (Å²) in [7, 11) is 0. The minimum atomic E-state index is -0.739. The predicted octanol–water partition coefficient (Wildman–Crippen LogP) is 1.16. The average molecular weight is 306 g/mol. The number of hydrazone groups is 1. The minimum absolute atomic E-state index is 0.144. The molecule has 1 heterocycles. The van der Waals surface area contributed by atoms with E-state index in [2.05, 4.69) is 10.4 Å². The molecule has 0 aliphatic carbocycles. The molecule has 1 unspecified atom stereocenters. The van der Waals surface area contributed by atoms with Crippen LogP contribution < -0.4 is 16.1 Å². The summed E-state index contributed by atoms with van der Waals surface area (Å²) in [5.41, 5.74) is 6.15. The van der Waals surface area contributed by atoms with Gasteiger partial charge in [-0.15, -0.1) is 0 Å². The average Bonchev–Trinajstić information content (AvgIpc) is 2.93. The van der Waals surface area contributed by atoms with E-state index in [9.17, 15) is 14.0 Å². The maximum absolute atomic E-state index is 13.0. The normalized spacial score (nSPS) is 17.3. The maximum Gasteiger partial charge on any atom is 0.267 e. The number of nitrogens with zero attached hydrogens (tertiary/aromatic N) is 2. The number of carbonyl (C=O) groups is 2. The van der Waals surface area contributed by atoms with E-state index in [1.807, 2.05) is 6.92 Å². The van der Waals surface area contributed by atoms with Gasteiger partial charge in [0.05, 0.1) is 5.69 Å². The van der Waals surface area contributed by atoms with Crippen molar-refractivity contribution >= 4 is 23.2 Å². The molecule has 0 saturated carbocycles. The number of nitrogens with one attached hydrogen (secondary N) is 1. The molecule has 0 spiro atoms. The van der Waals surface area contributed by atoms with Crippen LogP contribution in [-0.2, 0) is 9.59 Å². The summed E-state index contributed by atoms with van der Waals surface area (Å²) in [5, 5.41) is 8.31. The molecule has 6 nitrogen and oxygen atoms in total. The first kappa shape index (κ1) is 15.9. The summed E-state index contributed by atoms with van der Waals surface area (Å²) in [5.74, 6) is -1.27. The number of halogens is 1. The number of rotatable bonds is 6. The molecule has 118 valence electrons. The quantitative estimate of drug-likeness (QED) is 0.773. The zero-order valence-corrected chi connectivity index (χ0v) is 12.4. The van der Waals surface area contributed by atoms with Crippen LogP contribution in [-0.4, -0.2) is 30.1 Å². The Balaban J connectivity index is 2.16. The molecule has 1 aromatic rings. The molecule has 0 fully saturated rings. The van der Waals surface area contributed by atoms with Crippen molar-refractivity contribution < 1.29 is 14.0 Å². The fourth-order valence-corrected chi connectivity index (χ4v) is 2.18.